The summed E-state index contributed by atoms with van der Waals surface area (Å²) in [7, 11) is 0. The van der Waals surface area contributed by atoms with Gasteiger partial charge in [0.25, 0.3) is 5.91 Å². The number of halogens is 2. The van der Waals surface area contributed by atoms with E-state index in [1.807, 2.05) is 16.7 Å². The third-order valence-electron chi connectivity index (χ3n) is 5.77. The summed E-state index contributed by atoms with van der Waals surface area (Å²) in [5.41, 5.74) is 3.70. The quantitative estimate of drug-likeness (QED) is 0.407. The van der Waals surface area contributed by atoms with E-state index in [1.165, 1.54) is 41.5 Å². The molecule has 33 heavy (non-hydrogen) atoms. The molecule has 0 saturated heterocycles. The number of oxazole rings is 1. The van der Waals surface area contributed by atoms with Gasteiger partial charge in [0, 0.05) is 18.6 Å². The van der Waals surface area contributed by atoms with Crippen molar-refractivity contribution in [2.75, 3.05) is 0 Å². The lowest BCUT2D eigenvalue weighted by Crippen LogP contribution is -2.23. The smallest absolute Gasteiger partial charge is 0.273 e. The average Bonchev–Trinajstić information content (AvgIpc) is 3.23. The highest BCUT2D eigenvalue weighted by Crippen LogP contribution is 2.39. The van der Waals surface area contributed by atoms with Crippen molar-refractivity contribution in [3.63, 3.8) is 0 Å². The Morgan fingerprint density at radius 3 is 2.94 bits per heavy atom. The van der Waals surface area contributed by atoms with Crippen molar-refractivity contribution < 1.29 is 13.6 Å². The number of aromatic nitrogens is 5. The molecule has 8 nitrogen and oxygen atoms in total. The molecule has 166 valence electrons. The van der Waals surface area contributed by atoms with Gasteiger partial charge in [0.1, 0.15) is 17.4 Å². The first-order valence-electron chi connectivity index (χ1n) is 10.5. The van der Waals surface area contributed by atoms with Gasteiger partial charge in [-0.15, -0.1) is 0 Å². The van der Waals surface area contributed by atoms with Crippen molar-refractivity contribution in [2.24, 2.45) is 0 Å². The van der Waals surface area contributed by atoms with Crippen LogP contribution < -0.4 is 5.32 Å². The Morgan fingerprint density at radius 1 is 1.21 bits per heavy atom. The summed E-state index contributed by atoms with van der Waals surface area (Å²) in [6.45, 7) is 0.0184. The molecule has 1 aliphatic carbocycles. The highest BCUT2D eigenvalue weighted by Gasteiger charge is 2.24. The van der Waals surface area contributed by atoms with Crippen LogP contribution >= 0.6 is 11.6 Å². The van der Waals surface area contributed by atoms with Crippen LogP contribution in [-0.2, 0) is 13.0 Å². The van der Waals surface area contributed by atoms with Crippen LogP contribution in [0.4, 0.5) is 4.39 Å². The number of amides is 1. The lowest BCUT2D eigenvalue weighted by atomic mass is 10.2. The van der Waals surface area contributed by atoms with Crippen LogP contribution in [0.1, 0.15) is 52.1 Å². The maximum absolute atomic E-state index is 14.4. The summed E-state index contributed by atoms with van der Waals surface area (Å²) in [6.07, 6.45) is 11.3. The molecule has 6 rings (SSSR count). The van der Waals surface area contributed by atoms with Crippen molar-refractivity contribution in [3.05, 3.63) is 88.8 Å². The topological polar surface area (TPSA) is 89.7 Å². The van der Waals surface area contributed by atoms with Gasteiger partial charge in [-0.25, -0.2) is 19.3 Å². The zero-order valence-corrected chi connectivity index (χ0v) is 18.1. The lowest BCUT2D eigenvalue weighted by Gasteiger charge is -2.03. The van der Waals surface area contributed by atoms with E-state index in [-0.39, 0.29) is 22.8 Å². The SMILES string of the molecule is O=C(NCc1ncn2ccc(Cl)c(F)c12)c1coc(Cc2cn3cc(C4CC4)ccc3n2)n1. The number of fused-ring (bicyclic) bond motifs is 2. The Morgan fingerprint density at radius 2 is 2.09 bits per heavy atom. The predicted molar refractivity (Wildman–Crippen MR) is 118 cm³/mol. The zero-order valence-electron chi connectivity index (χ0n) is 17.3. The van der Waals surface area contributed by atoms with Crippen LogP contribution in [0.2, 0.25) is 5.02 Å². The molecule has 0 unspecified atom stereocenters. The van der Waals surface area contributed by atoms with Crippen LogP contribution in [0.25, 0.3) is 11.2 Å². The summed E-state index contributed by atoms with van der Waals surface area (Å²) in [5.74, 6) is 0.0250. The Kier molecular flexibility index (Phi) is 4.65. The molecule has 5 aromatic rings. The molecule has 0 spiro atoms. The van der Waals surface area contributed by atoms with Gasteiger partial charge in [0.2, 0.25) is 5.89 Å². The molecule has 1 fully saturated rings. The van der Waals surface area contributed by atoms with E-state index in [0.717, 1.165) is 11.3 Å². The Labute approximate surface area is 192 Å². The molecule has 10 heteroatoms. The fraction of sp³-hybridized carbons (Fsp3) is 0.217. The highest BCUT2D eigenvalue weighted by molar-refractivity contribution is 6.31. The predicted octanol–water partition coefficient (Wildman–Crippen LogP) is 4.16. The number of hydrogen-bond acceptors (Lipinski definition) is 5. The van der Waals surface area contributed by atoms with Gasteiger partial charge in [-0.2, -0.15) is 0 Å². The fourth-order valence-corrected chi connectivity index (χ4v) is 4.07. The number of nitrogens with one attached hydrogen (secondary N) is 1. The molecule has 1 amide bonds. The Balaban J connectivity index is 1.14. The summed E-state index contributed by atoms with van der Waals surface area (Å²) in [4.78, 5) is 25.6. The molecule has 5 aromatic heterocycles. The largest absolute Gasteiger partial charge is 0.448 e. The highest BCUT2D eigenvalue weighted by atomic mass is 35.5. The Bertz CT molecular complexity index is 1520. The third-order valence-corrected chi connectivity index (χ3v) is 6.07. The first-order valence-corrected chi connectivity index (χ1v) is 10.9. The molecule has 1 N–H and O–H groups in total. The van der Waals surface area contributed by atoms with E-state index >= 15 is 0 Å². The monoisotopic (exact) mass is 464 g/mol. The van der Waals surface area contributed by atoms with E-state index in [9.17, 15) is 9.18 Å². The van der Waals surface area contributed by atoms with Crippen molar-refractivity contribution >= 4 is 28.7 Å². The average molecular weight is 465 g/mol. The molecule has 0 radical (unpaired) electrons. The standard InChI is InChI=1S/C23H18ClFN6O2/c24-16-5-6-30-12-27-17(22(30)21(16)25)8-26-23(32)18-11-33-20(29-18)7-15-10-31-9-14(13-1-2-13)3-4-19(31)28-15/h3-6,9-13H,1-2,7-8H2,(H,26,32). The molecule has 0 atom stereocenters. The van der Waals surface area contributed by atoms with Crippen LogP contribution in [-0.4, -0.2) is 29.7 Å². The number of rotatable bonds is 6. The van der Waals surface area contributed by atoms with Crippen molar-refractivity contribution in [1.82, 2.24) is 29.1 Å². The van der Waals surface area contributed by atoms with Crippen LogP contribution in [0.3, 0.4) is 0 Å². The second kappa shape index (κ2) is 7.70. The normalized spacial score (nSPS) is 13.8. The zero-order chi connectivity index (χ0) is 22.5. The van der Waals surface area contributed by atoms with Crippen molar-refractivity contribution in [1.29, 1.82) is 0 Å². The second-order valence-electron chi connectivity index (χ2n) is 8.15. The summed E-state index contributed by atoms with van der Waals surface area (Å²) in [6, 6.07) is 5.58. The van der Waals surface area contributed by atoms with E-state index in [2.05, 4.69) is 32.5 Å². The van der Waals surface area contributed by atoms with E-state index in [0.29, 0.717) is 23.9 Å². The summed E-state index contributed by atoms with van der Waals surface area (Å²) < 4.78 is 23.4. The van der Waals surface area contributed by atoms with E-state index in [4.69, 9.17) is 16.0 Å². The van der Waals surface area contributed by atoms with Crippen molar-refractivity contribution in [3.8, 4) is 0 Å². The van der Waals surface area contributed by atoms with Crippen molar-refractivity contribution in [2.45, 2.75) is 31.7 Å². The number of nitrogens with zero attached hydrogens (tertiary/aromatic N) is 5. The first-order chi connectivity index (χ1) is 16.0. The van der Waals surface area contributed by atoms with Gasteiger partial charge >= 0.3 is 0 Å². The van der Waals surface area contributed by atoms with Gasteiger partial charge in [0.15, 0.2) is 11.5 Å². The molecule has 0 aliphatic heterocycles. The molecule has 0 aromatic carbocycles. The summed E-state index contributed by atoms with van der Waals surface area (Å²) in [5, 5.41) is 2.69. The molecular weight excluding hydrogens is 447 g/mol. The molecular formula is C23H18ClFN6O2. The van der Waals surface area contributed by atoms with Gasteiger partial charge in [-0.05, 0) is 36.5 Å². The van der Waals surface area contributed by atoms with E-state index in [1.54, 1.807) is 6.20 Å². The third kappa shape index (κ3) is 3.74. The lowest BCUT2D eigenvalue weighted by molar-refractivity contribution is 0.0945. The molecule has 5 heterocycles. The van der Waals surface area contributed by atoms with Gasteiger partial charge in [-0.3, -0.25) is 4.79 Å². The molecule has 0 bridgehead atoms. The minimum absolute atomic E-state index is 0.00701. The molecule has 1 saturated carbocycles. The number of carbonyl (C=O) groups excluding carboxylic acids is 1. The van der Waals surface area contributed by atoms with Crippen LogP contribution in [0, 0.1) is 5.82 Å². The maximum Gasteiger partial charge on any atom is 0.273 e. The van der Waals surface area contributed by atoms with Gasteiger partial charge < -0.3 is 18.5 Å². The number of imidazole rings is 2. The number of pyridine rings is 2. The fourth-order valence-electron chi connectivity index (χ4n) is 3.92. The Hall–Kier alpha value is -3.72. The summed E-state index contributed by atoms with van der Waals surface area (Å²) >= 11 is 5.86. The maximum atomic E-state index is 14.4. The van der Waals surface area contributed by atoms with Gasteiger partial charge in [0.05, 0.1) is 35.7 Å². The number of carbonyl (C=O) groups is 1. The van der Waals surface area contributed by atoms with Crippen LogP contribution in [0.15, 0.2) is 53.8 Å². The minimum atomic E-state index is -0.582. The minimum Gasteiger partial charge on any atom is -0.448 e. The van der Waals surface area contributed by atoms with E-state index < -0.39 is 11.7 Å². The van der Waals surface area contributed by atoms with Gasteiger partial charge in [-0.1, -0.05) is 17.7 Å². The first kappa shape index (κ1) is 19.9. The van der Waals surface area contributed by atoms with Crippen LogP contribution in [0.5, 0.6) is 0 Å². The molecule has 1 aliphatic rings. The second-order valence-corrected chi connectivity index (χ2v) is 8.55. The number of hydrogen-bond donors (Lipinski definition) is 1.